The van der Waals surface area contributed by atoms with Crippen molar-refractivity contribution >= 4 is 12.0 Å². The quantitative estimate of drug-likeness (QED) is 0.782. The number of urea groups is 1. The fourth-order valence-corrected chi connectivity index (χ4v) is 2.58. The molecule has 0 heterocycles. The summed E-state index contributed by atoms with van der Waals surface area (Å²) in [4.78, 5) is 22.9. The molecule has 21 heavy (non-hydrogen) atoms. The van der Waals surface area contributed by atoms with Crippen LogP contribution >= 0.6 is 0 Å². The van der Waals surface area contributed by atoms with Gasteiger partial charge in [0.2, 0.25) is 0 Å². The molecular weight excluding hydrogens is 270 g/mol. The van der Waals surface area contributed by atoms with Crippen molar-refractivity contribution in [3.8, 4) is 6.07 Å². The van der Waals surface area contributed by atoms with Crippen molar-refractivity contribution in [2.45, 2.75) is 31.8 Å². The zero-order valence-corrected chi connectivity index (χ0v) is 11.5. The Morgan fingerprint density at radius 1 is 1.38 bits per heavy atom. The van der Waals surface area contributed by atoms with Crippen LogP contribution in [0.5, 0.6) is 0 Å². The number of carbonyl (C=O) groups excluding carboxylic acids is 1. The third-order valence-corrected chi connectivity index (χ3v) is 3.66. The van der Waals surface area contributed by atoms with Crippen LogP contribution < -0.4 is 10.6 Å². The second-order valence-corrected chi connectivity index (χ2v) is 5.12. The first kappa shape index (κ1) is 14.9. The van der Waals surface area contributed by atoms with Crippen LogP contribution in [0.15, 0.2) is 24.3 Å². The normalized spacial score (nSPS) is 20.5. The van der Waals surface area contributed by atoms with Gasteiger partial charge >= 0.3 is 12.0 Å². The molecule has 1 fully saturated rings. The number of aliphatic carboxylic acids is 1. The van der Waals surface area contributed by atoms with E-state index in [9.17, 15) is 9.59 Å². The Bertz CT molecular complexity index is 580. The molecule has 0 aliphatic heterocycles. The van der Waals surface area contributed by atoms with Crippen LogP contribution in [0.1, 0.15) is 30.4 Å². The third-order valence-electron chi connectivity index (χ3n) is 3.66. The first-order valence-electron chi connectivity index (χ1n) is 6.86. The molecule has 6 heteroatoms. The van der Waals surface area contributed by atoms with Crippen molar-refractivity contribution in [1.29, 1.82) is 5.26 Å². The van der Waals surface area contributed by atoms with E-state index in [2.05, 4.69) is 10.6 Å². The fourth-order valence-electron chi connectivity index (χ4n) is 2.58. The monoisotopic (exact) mass is 287 g/mol. The minimum Gasteiger partial charge on any atom is -0.481 e. The Balaban J connectivity index is 1.85. The molecule has 0 bridgehead atoms. The standard InChI is InChI=1S/C15H17N3O3/c16-8-10-3-1-4-11(7-10)9-17-15(21)18-13-6-2-5-12(13)14(19)20/h1,3-4,7,12-13H,2,5-6,9H2,(H,19,20)(H2,17,18,21). The number of carboxylic acid groups (broad SMARTS) is 1. The molecule has 3 N–H and O–H groups in total. The van der Waals surface area contributed by atoms with Crippen LogP contribution in [0, 0.1) is 17.2 Å². The average Bonchev–Trinajstić information content (AvgIpc) is 2.93. The third kappa shape index (κ3) is 3.96. The molecule has 1 saturated carbocycles. The van der Waals surface area contributed by atoms with E-state index in [4.69, 9.17) is 10.4 Å². The molecule has 0 saturated heterocycles. The minimum absolute atomic E-state index is 0.297. The van der Waals surface area contributed by atoms with Gasteiger partial charge in [0.05, 0.1) is 17.6 Å². The van der Waals surface area contributed by atoms with Gasteiger partial charge in [-0.25, -0.2) is 4.79 Å². The smallest absolute Gasteiger partial charge is 0.315 e. The maximum Gasteiger partial charge on any atom is 0.315 e. The summed E-state index contributed by atoms with van der Waals surface area (Å²) in [6, 6.07) is 8.32. The Labute approximate surface area is 122 Å². The lowest BCUT2D eigenvalue weighted by molar-refractivity contribution is -0.142. The summed E-state index contributed by atoms with van der Waals surface area (Å²) >= 11 is 0. The van der Waals surface area contributed by atoms with Crippen LogP contribution in [0.25, 0.3) is 0 Å². The summed E-state index contributed by atoms with van der Waals surface area (Å²) in [5, 5.41) is 23.3. The average molecular weight is 287 g/mol. The molecule has 0 spiro atoms. The molecule has 2 rings (SSSR count). The van der Waals surface area contributed by atoms with Crippen LogP contribution in [0.4, 0.5) is 4.79 Å². The van der Waals surface area contributed by atoms with E-state index in [0.29, 0.717) is 24.9 Å². The van der Waals surface area contributed by atoms with Crippen LogP contribution in [-0.4, -0.2) is 23.1 Å². The molecule has 1 aromatic rings. The molecule has 1 aromatic carbocycles. The predicted octanol–water partition coefficient (Wildman–Crippen LogP) is 1.61. The molecule has 2 atom stereocenters. The van der Waals surface area contributed by atoms with Gasteiger partial charge in [0.15, 0.2) is 0 Å². The van der Waals surface area contributed by atoms with E-state index in [0.717, 1.165) is 12.0 Å². The summed E-state index contributed by atoms with van der Waals surface area (Å²) in [6.45, 7) is 0.297. The first-order chi connectivity index (χ1) is 10.1. The summed E-state index contributed by atoms with van der Waals surface area (Å²) in [5.74, 6) is -1.36. The van der Waals surface area contributed by atoms with E-state index in [1.807, 2.05) is 12.1 Å². The number of benzene rings is 1. The van der Waals surface area contributed by atoms with Gasteiger partial charge in [-0.2, -0.15) is 5.26 Å². The molecule has 2 unspecified atom stereocenters. The Morgan fingerprint density at radius 2 is 2.19 bits per heavy atom. The summed E-state index contributed by atoms with van der Waals surface area (Å²) in [5.41, 5.74) is 1.36. The van der Waals surface area contributed by atoms with Crippen molar-refractivity contribution in [3.63, 3.8) is 0 Å². The molecule has 1 aliphatic carbocycles. The van der Waals surface area contributed by atoms with Gasteiger partial charge < -0.3 is 15.7 Å². The summed E-state index contributed by atoms with van der Waals surface area (Å²) in [6.07, 6.45) is 2.10. The number of carboxylic acids is 1. The fraction of sp³-hybridized carbons (Fsp3) is 0.400. The van der Waals surface area contributed by atoms with Gasteiger partial charge in [0, 0.05) is 12.6 Å². The summed E-state index contributed by atoms with van der Waals surface area (Å²) < 4.78 is 0. The Morgan fingerprint density at radius 3 is 2.90 bits per heavy atom. The number of hydrogen-bond acceptors (Lipinski definition) is 3. The first-order valence-corrected chi connectivity index (χ1v) is 6.86. The van der Waals surface area contributed by atoms with E-state index in [-0.39, 0.29) is 12.1 Å². The maximum absolute atomic E-state index is 11.8. The number of amides is 2. The topological polar surface area (TPSA) is 102 Å². The highest BCUT2D eigenvalue weighted by molar-refractivity contribution is 5.77. The van der Waals surface area contributed by atoms with E-state index < -0.39 is 11.9 Å². The zero-order valence-electron chi connectivity index (χ0n) is 11.5. The van der Waals surface area contributed by atoms with Crippen molar-refractivity contribution in [2.24, 2.45) is 5.92 Å². The predicted molar refractivity (Wildman–Crippen MR) is 75.3 cm³/mol. The maximum atomic E-state index is 11.8. The summed E-state index contributed by atoms with van der Waals surface area (Å²) in [7, 11) is 0. The lowest BCUT2D eigenvalue weighted by Gasteiger charge is -2.18. The van der Waals surface area contributed by atoms with Gasteiger partial charge in [-0.15, -0.1) is 0 Å². The number of nitrogens with zero attached hydrogens (tertiary/aromatic N) is 1. The number of nitriles is 1. The van der Waals surface area contributed by atoms with Crippen molar-refractivity contribution in [1.82, 2.24) is 10.6 Å². The highest BCUT2D eigenvalue weighted by Gasteiger charge is 2.33. The Hall–Kier alpha value is -2.55. The lowest BCUT2D eigenvalue weighted by Crippen LogP contribution is -2.45. The van der Waals surface area contributed by atoms with E-state index in [1.165, 1.54) is 0 Å². The van der Waals surface area contributed by atoms with Crippen molar-refractivity contribution in [2.75, 3.05) is 0 Å². The molecule has 0 radical (unpaired) electrons. The second-order valence-electron chi connectivity index (χ2n) is 5.12. The minimum atomic E-state index is -0.862. The molecular formula is C15H17N3O3. The van der Waals surface area contributed by atoms with Crippen LogP contribution in [0.3, 0.4) is 0 Å². The Kier molecular flexibility index (Phi) is 4.77. The number of rotatable bonds is 4. The lowest BCUT2D eigenvalue weighted by atomic mass is 10.0. The molecule has 6 nitrogen and oxygen atoms in total. The number of hydrogen-bond donors (Lipinski definition) is 3. The van der Waals surface area contributed by atoms with E-state index >= 15 is 0 Å². The van der Waals surface area contributed by atoms with Crippen molar-refractivity contribution < 1.29 is 14.7 Å². The van der Waals surface area contributed by atoms with Gasteiger partial charge in [-0.3, -0.25) is 4.79 Å². The molecule has 2 amide bonds. The van der Waals surface area contributed by atoms with Crippen molar-refractivity contribution in [3.05, 3.63) is 35.4 Å². The van der Waals surface area contributed by atoms with Crippen LogP contribution in [0.2, 0.25) is 0 Å². The number of carbonyl (C=O) groups is 2. The molecule has 1 aliphatic rings. The van der Waals surface area contributed by atoms with Gasteiger partial charge in [0.25, 0.3) is 0 Å². The highest BCUT2D eigenvalue weighted by atomic mass is 16.4. The number of nitrogens with one attached hydrogen (secondary N) is 2. The molecule has 0 aromatic heterocycles. The SMILES string of the molecule is N#Cc1cccc(CNC(=O)NC2CCCC2C(=O)O)c1. The molecule has 110 valence electrons. The highest BCUT2D eigenvalue weighted by Crippen LogP contribution is 2.25. The zero-order chi connectivity index (χ0) is 15.2. The second kappa shape index (κ2) is 6.75. The van der Waals surface area contributed by atoms with Gasteiger partial charge in [-0.05, 0) is 30.5 Å². The van der Waals surface area contributed by atoms with Gasteiger partial charge in [-0.1, -0.05) is 18.6 Å². The van der Waals surface area contributed by atoms with Crippen LogP contribution in [-0.2, 0) is 11.3 Å². The van der Waals surface area contributed by atoms with E-state index in [1.54, 1.807) is 18.2 Å². The van der Waals surface area contributed by atoms with Gasteiger partial charge in [0.1, 0.15) is 0 Å². The largest absolute Gasteiger partial charge is 0.481 e.